The lowest BCUT2D eigenvalue weighted by atomic mass is 9.67. The van der Waals surface area contributed by atoms with E-state index in [1.54, 1.807) is 11.2 Å². The van der Waals surface area contributed by atoms with Crippen molar-refractivity contribution in [1.82, 2.24) is 10.0 Å². The summed E-state index contributed by atoms with van der Waals surface area (Å²) in [5, 5.41) is 31.9. The number of thiol groups is 1. The zero-order valence-electron chi connectivity index (χ0n) is 33.0. The zero-order chi connectivity index (χ0) is 38.5. The van der Waals surface area contributed by atoms with E-state index in [0.29, 0.717) is 73.2 Å². The monoisotopic (exact) mass is 757 g/mol. The Morgan fingerprint density at radius 3 is 1.94 bits per heavy atom. The second kappa shape index (κ2) is 21.7. The van der Waals surface area contributed by atoms with Gasteiger partial charge in [0.15, 0.2) is 6.29 Å². The SMILES string of the molecule is CC1CC[C@H]2CCC[C@@H](C[C@@H](O)OC/C(N)=C/N(N)CC(C)(C)C(C)(C)CN(N)/C=C(\N)CO)C2CO1.OCCC1CCC[C@@H]2CCC(S)OCC12. The zero-order valence-corrected chi connectivity index (χ0v) is 33.9. The van der Waals surface area contributed by atoms with Crippen LogP contribution in [0.25, 0.3) is 0 Å². The maximum atomic E-state index is 10.6. The topological polar surface area (TPSA) is 199 Å². The van der Waals surface area contributed by atoms with Crippen molar-refractivity contribution in [3.8, 4) is 0 Å². The summed E-state index contributed by atoms with van der Waals surface area (Å²) < 4.78 is 17.5. The highest BCUT2D eigenvalue weighted by Crippen LogP contribution is 2.43. The van der Waals surface area contributed by atoms with Gasteiger partial charge in [-0.05, 0) is 98.2 Å². The Morgan fingerprint density at radius 1 is 0.808 bits per heavy atom. The van der Waals surface area contributed by atoms with Crippen LogP contribution >= 0.6 is 12.6 Å². The molecule has 2 aliphatic heterocycles. The van der Waals surface area contributed by atoms with Crippen LogP contribution in [0.3, 0.4) is 0 Å². The van der Waals surface area contributed by atoms with Gasteiger partial charge in [0.25, 0.3) is 0 Å². The first-order chi connectivity index (χ1) is 24.5. The number of aliphatic hydroxyl groups is 3. The Kier molecular flexibility index (Phi) is 18.8. The molecule has 9 atom stereocenters. The highest BCUT2D eigenvalue weighted by molar-refractivity contribution is 7.80. The Balaban J connectivity index is 0.000000400. The number of ether oxygens (including phenoxy) is 3. The molecule has 0 amide bonds. The predicted molar refractivity (Wildman–Crippen MR) is 211 cm³/mol. The third kappa shape index (κ3) is 14.4. The fourth-order valence-corrected chi connectivity index (χ4v) is 9.15. The van der Waals surface area contributed by atoms with Crippen LogP contribution in [0.1, 0.15) is 112 Å². The van der Waals surface area contributed by atoms with E-state index in [9.17, 15) is 5.11 Å². The number of fused-ring (bicyclic) bond motifs is 2. The van der Waals surface area contributed by atoms with Gasteiger partial charge in [-0.3, -0.25) is 0 Å². The molecule has 2 aliphatic carbocycles. The smallest absolute Gasteiger partial charge is 0.155 e. The third-order valence-electron chi connectivity index (χ3n) is 12.8. The summed E-state index contributed by atoms with van der Waals surface area (Å²) in [5.41, 5.74) is 12.3. The number of hydrazine groups is 2. The van der Waals surface area contributed by atoms with Gasteiger partial charge in [-0.2, -0.15) is 0 Å². The first kappa shape index (κ1) is 45.1. The molecule has 0 bridgehead atoms. The first-order valence-electron chi connectivity index (χ1n) is 19.9. The van der Waals surface area contributed by atoms with Crippen molar-refractivity contribution < 1.29 is 29.5 Å². The molecule has 52 heavy (non-hydrogen) atoms. The first-order valence-corrected chi connectivity index (χ1v) is 20.4. The van der Waals surface area contributed by atoms with Crippen LogP contribution in [0.2, 0.25) is 0 Å². The predicted octanol–water partition coefficient (Wildman–Crippen LogP) is 4.41. The summed E-state index contributed by atoms with van der Waals surface area (Å²) in [6.45, 7) is 13.4. The van der Waals surface area contributed by atoms with Crippen molar-refractivity contribution in [3.63, 3.8) is 0 Å². The lowest BCUT2D eigenvalue weighted by molar-refractivity contribution is -0.115. The molecule has 0 aromatic rings. The molecule has 2 saturated heterocycles. The maximum Gasteiger partial charge on any atom is 0.155 e. The Hall–Kier alpha value is -1.29. The summed E-state index contributed by atoms with van der Waals surface area (Å²) in [4.78, 5) is 0. The molecule has 4 fully saturated rings. The molecule has 0 aromatic heterocycles. The van der Waals surface area contributed by atoms with Gasteiger partial charge in [0.05, 0.1) is 49.4 Å². The Labute approximate surface area is 320 Å². The summed E-state index contributed by atoms with van der Waals surface area (Å²) in [5.74, 6) is 16.1. The number of hydrogen-bond acceptors (Lipinski definition) is 13. The number of rotatable bonds is 15. The minimum Gasteiger partial charge on any atom is -0.399 e. The summed E-state index contributed by atoms with van der Waals surface area (Å²) >= 11 is 4.42. The second-order valence-corrected chi connectivity index (χ2v) is 18.1. The van der Waals surface area contributed by atoms with Crippen LogP contribution in [0.4, 0.5) is 0 Å². The normalized spacial score (nSPS) is 31.2. The highest BCUT2D eigenvalue weighted by atomic mass is 32.1. The molecule has 2 saturated carbocycles. The van der Waals surface area contributed by atoms with Gasteiger partial charge in [0, 0.05) is 38.5 Å². The fraction of sp³-hybridized carbons (Fsp3) is 0.897. The Morgan fingerprint density at radius 2 is 1.35 bits per heavy atom. The molecule has 5 unspecified atom stereocenters. The van der Waals surface area contributed by atoms with Gasteiger partial charge < -0.3 is 51.0 Å². The molecular formula is C39H76N6O6S. The molecular weight excluding hydrogens is 681 g/mol. The van der Waals surface area contributed by atoms with E-state index in [4.69, 9.17) is 47.6 Å². The summed E-state index contributed by atoms with van der Waals surface area (Å²) in [6.07, 6.45) is 16.5. The molecule has 4 aliphatic rings. The van der Waals surface area contributed by atoms with Gasteiger partial charge in [0.2, 0.25) is 0 Å². The lowest BCUT2D eigenvalue weighted by Gasteiger charge is -2.45. The van der Waals surface area contributed by atoms with E-state index >= 15 is 0 Å². The third-order valence-corrected chi connectivity index (χ3v) is 13.2. The average Bonchev–Trinajstić information content (AvgIpc) is 3.39. The summed E-state index contributed by atoms with van der Waals surface area (Å²) in [6, 6.07) is 0. The fourth-order valence-electron chi connectivity index (χ4n) is 8.91. The average molecular weight is 757 g/mol. The molecule has 13 heteroatoms. The van der Waals surface area contributed by atoms with Crippen molar-refractivity contribution in [1.29, 1.82) is 0 Å². The van der Waals surface area contributed by atoms with E-state index in [0.717, 1.165) is 44.8 Å². The van der Waals surface area contributed by atoms with Crippen LogP contribution in [0.15, 0.2) is 23.8 Å². The molecule has 0 aromatic carbocycles. The van der Waals surface area contributed by atoms with Crippen molar-refractivity contribution in [3.05, 3.63) is 23.8 Å². The van der Waals surface area contributed by atoms with Crippen molar-refractivity contribution in [2.75, 3.05) is 46.1 Å². The minimum atomic E-state index is -0.868. The van der Waals surface area contributed by atoms with Crippen LogP contribution < -0.4 is 23.2 Å². The summed E-state index contributed by atoms with van der Waals surface area (Å²) in [7, 11) is 0. The van der Waals surface area contributed by atoms with Crippen molar-refractivity contribution >= 4 is 12.6 Å². The lowest BCUT2D eigenvalue weighted by Crippen LogP contribution is -2.49. The van der Waals surface area contributed by atoms with E-state index in [-0.39, 0.29) is 29.5 Å². The number of hydrogen-bond donors (Lipinski definition) is 8. The number of nitrogens with zero attached hydrogens (tertiary/aromatic N) is 2. The number of aliphatic hydroxyl groups excluding tert-OH is 3. The van der Waals surface area contributed by atoms with E-state index < -0.39 is 6.29 Å². The molecule has 304 valence electrons. The standard InChI is InChI=1S/C27H54N6O4.C12H22O2S/c1-19-9-10-20-7-6-8-21(24(20)16-36-19)11-25(35)37-15-23(29)13-33(31)18-27(4,5)26(2,3)17-32(30)12-22(28)14-34;13-7-6-10-3-1-2-9-4-5-12(15)14-8-11(9)10/h12-13,19-21,24-25,34-35H,6-11,14-18,28-31H2,1-5H3;9-13,15H,1-8H2/b22-12-,23-13-;/t19?,20-,21+,24?,25+;9-,10?,11?,12?/m11/s1. The van der Waals surface area contributed by atoms with Gasteiger partial charge >= 0.3 is 0 Å². The molecule has 0 radical (unpaired) electrons. The van der Waals surface area contributed by atoms with E-state index in [1.807, 2.05) is 0 Å². The van der Waals surface area contributed by atoms with Crippen molar-refractivity contribution in [2.24, 2.45) is 69.5 Å². The van der Waals surface area contributed by atoms with E-state index in [1.165, 1.54) is 56.2 Å². The molecule has 11 N–H and O–H groups in total. The molecule has 12 nitrogen and oxygen atoms in total. The van der Waals surface area contributed by atoms with Gasteiger partial charge in [0.1, 0.15) is 0 Å². The van der Waals surface area contributed by atoms with Crippen LogP contribution in [0.5, 0.6) is 0 Å². The molecule has 0 spiro atoms. The van der Waals surface area contributed by atoms with Gasteiger partial charge in [-0.1, -0.05) is 53.4 Å². The van der Waals surface area contributed by atoms with Gasteiger partial charge in [-0.15, -0.1) is 12.6 Å². The highest BCUT2D eigenvalue weighted by Gasteiger charge is 2.39. The Bertz CT molecular complexity index is 1090. The number of nitrogens with two attached hydrogens (primary N) is 4. The van der Waals surface area contributed by atoms with Crippen molar-refractivity contribution in [2.45, 2.75) is 129 Å². The quantitative estimate of drug-likeness (QED) is 0.0508. The molecule has 4 rings (SSSR count). The van der Waals surface area contributed by atoms with Gasteiger partial charge in [-0.25, -0.2) is 11.7 Å². The minimum absolute atomic E-state index is 0.106. The van der Waals surface area contributed by atoms with Crippen LogP contribution in [-0.4, -0.2) is 89.3 Å². The molecule has 2 heterocycles. The largest absolute Gasteiger partial charge is 0.399 e. The van der Waals surface area contributed by atoms with Crippen LogP contribution in [0, 0.1) is 46.3 Å². The van der Waals surface area contributed by atoms with E-state index in [2.05, 4.69) is 47.2 Å². The second-order valence-electron chi connectivity index (χ2n) is 17.5. The van der Waals surface area contributed by atoms with Crippen LogP contribution in [-0.2, 0) is 14.2 Å². The maximum absolute atomic E-state index is 10.6.